The number of ether oxygens (including phenoxy) is 2. The SMILES string of the molecule is CC(C)(c1cc(Cl)c(OCCl)c(Cl)c1)c1cc(Cl)c(OCCl)c(Cl)c1. The molecule has 0 saturated carbocycles. The van der Waals surface area contributed by atoms with E-state index in [1.807, 2.05) is 13.8 Å². The largest absolute Gasteiger partial charge is 0.475 e. The van der Waals surface area contributed by atoms with E-state index in [2.05, 4.69) is 0 Å². The summed E-state index contributed by atoms with van der Waals surface area (Å²) in [6, 6.07) is 7.02. The first kappa shape index (κ1) is 21.1. The minimum absolute atomic E-state index is 0.0462. The van der Waals surface area contributed by atoms with Gasteiger partial charge in [0.2, 0.25) is 0 Å². The summed E-state index contributed by atoms with van der Waals surface area (Å²) in [6.07, 6.45) is 0. The molecule has 0 saturated heterocycles. The highest BCUT2D eigenvalue weighted by Crippen LogP contribution is 2.43. The van der Waals surface area contributed by atoms with Crippen LogP contribution in [0.1, 0.15) is 25.0 Å². The Morgan fingerprint density at radius 1 is 0.680 bits per heavy atom. The number of alkyl halides is 2. The molecule has 2 aromatic carbocycles. The fourth-order valence-corrected chi connectivity index (χ4v) is 3.80. The molecule has 0 aliphatic carbocycles. The van der Waals surface area contributed by atoms with Crippen LogP contribution in [0.25, 0.3) is 0 Å². The third kappa shape index (κ3) is 4.55. The zero-order valence-electron chi connectivity index (χ0n) is 13.3. The third-order valence-corrected chi connectivity index (χ3v) is 5.18. The number of hydrogen-bond donors (Lipinski definition) is 0. The maximum Gasteiger partial charge on any atom is 0.162 e. The number of hydrogen-bond acceptors (Lipinski definition) is 2. The third-order valence-electron chi connectivity index (χ3n) is 3.84. The molecule has 2 rings (SSSR count). The van der Waals surface area contributed by atoms with Crippen LogP contribution < -0.4 is 9.47 Å². The highest BCUT2D eigenvalue weighted by molar-refractivity contribution is 6.38. The lowest BCUT2D eigenvalue weighted by atomic mass is 9.78. The molecule has 8 heteroatoms. The molecule has 136 valence electrons. The number of halogens is 6. The van der Waals surface area contributed by atoms with Crippen molar-refractivity contribution in [2.45, 2.75) is 19.3 Å². The molecular formula is C17H14Cl6O2. The molecule has 0 N–H and O–H groups in total. The van der Waals surface area contributed by atoms with Crippen LogP contribution in [0, 0.1) is 0 Å². The van der Waals surface area contributed by atoms with Gasteiger partial charge in [-0.25, -0.2) is 0 Å². The van der Waals surface area contributed by atoms with Gasteiger partial charge in [0.15, 0.2) is 23.6 Å². The Balaban J connectivity index is 2.52. The summed E-state index contributed by atoms with van der Waals surface area (Å²) >= 11 is 36.3. The highest BCUT2D eigenvalue weighted by atomic mass is 35.5. The second kappa shape index (κ2) is 8.65. The summed E-state index contributed by atoms with van der Waals surface area (Å²) in [5.41, 5.74) is 1.24. The van der Waals surface area contributed by atoms with Crippen molar-refractivity contribution in [3.8, 4) is 11.5 Å². The van der Waals surface area contributed by atoms with E-state index in [0.29, 0.717) is 31.6 Å². The zero-order valence-corrected chi connectivity index (χ0v) is 17.8. The standard InChI is InChI=1S/C17H14Cl6O2/c1-17(2,9-3-11(20)15(24-7-18)12(21)4-9)10-5-13(22)16(25-8-19)14(23)6-10/h3-6H,7-8H2,1-2H3. The van der Waals surface area contributed by atoms with Gasteiger partial charge in [-0.2, -0.15) is 0 Å². The van der Waals surface area contributed by atoms with Crippen molar-refractivity contribution in [3.63, 3.8) is 0 Å². The molecule has 0 spiro atoms. The van der Waals surface area contributed by atoms with Crippen molar-refractivity contribution in [1.29, 1.82) is 0 Å². The molecular weight excluding hydrogens is 449 g/mol. The van der Waals surface area contributed by atoms with E-state index in [1.54, 1.807) is 24.3 Å². The Hall–Kier alpha value is -0.220. The molecule has 0 aliphatic rings. The normalized spacial score (nSPS) is 11.5. The molecule has 0 atom stereocenters. The average Bonchev–Trinajstić information content (AvgIpc) is 2.53. The van der Waals surface area contributed by atoms with Crippen molar-refractivity contribution in [2.24, 2.45) is 0 Å². The average molecular weight is 463 g/mol. The lowest BCUT2D eigenvalue weighted by Crippen LogP contribution is -2.19. The van der Waals surface area contributed by atoms with E-state index in [-0.39, 0.29) is 12.1 Å². The molecule has 0 unspecified atom stereocenters. The van der Waals surface area contributed by atoms with E-state index in [1.165, 1.54) is 0 Å². The first-order valence-electron chi connectivity index (χ1n) is 7.09. The lowest BCUT2D eigenvalue weighted by molar-refractivity contribution is 0.388. The molecule has 25 heavy (non-hydrogen) atoms. The highest BCUT2D eigenvalue weighted by Gasteiger charge is 2.27. The summed E-state index contributed by atoms with van der Waals surface area (Å²) in [6.45, 7) is 4.00. The van der Waals surface area contributed by atoms with Gasteiger partial charge < -0.3 is 9.47 Å². The van der Waals surface area contributed by atoms with Gasteiger partial charge in [-0.1, -0.05) is 83.5 Å². The summed E-state index contributed by atoms with van der Waals surface area (Å²) in [5.74, 6) is 0.694. The molecule has 0 heterocycles. The van der Waals surface area contributed by atoms with E-state index in [9.17, 15) is 0 Å². The summed E-state index contributed by atoms with van der Waals surface area (Å²) in [4.78, 5) is 0. The Labute approximate surface area is 176 Å². The van der Waals surface area contributed by atoms with E-state index < -0.39 is 5.41 Å². The van der Waals surface area contributed by atoms with Crippen LogP contribution in [-0.4, -0.2) is 12.1 Å². The van der Waals surface area contributed by atoms with E-state index in [0.717, 1.165) is 11.1 Å². The second-order valence-electron chi connectivity index (χ2n) is 5.67. The van der Waals surface area contributed by atoms with Crippen LogP contribution in [0.2, 0.25) is 20.1 Å². The Bertz CT molecular complexity index is 666. The van der Waals surface area contributed by atoms with Gasteiger partial charge in [0, 0.05) is 5.41 Å². The first-order valence-corrected chi connectivity index (χ1v) is 9.67. The van der Waals surface area contributed by atoms with Crippen LogP contribution in [-0.2, 0) is 5.41 Å². The van der Waals surface area contributed by atoms with Gasteiger partial charge >= 0.3 is 0 Å². The second-order valence-corrected chi connectivity index (χ2v) is 7.74. The first-order chi connectivity index (χ1) is 11.7. The van der Waals surface area contributed by atoms with Crippen molar-refractivity contribution in [3.05, 3.63) is 55.5 Å². The van der Waals surface area contributed by atoms with Crippen LogP contribution in [0.4, 0.5) is 0 Å². The van der Waals surface area contributed by atoms with Crippen molar-refractivity contribution in [2.75, 3.05) is 12.1 Å². The fourth-order valence-electron chi connectivity index (χ4n) is 2.39. The Morgan fingerprint density at radius 3 is 1.20 bits per heavy atom. The molecule has 2 nitrogen and oxygen atoms in total. The maximum atomic E-state index is 6.28. The molecule has 0 bridgehead atoms. The van der Waals surface area contributed by atoms with Gasteiger partial charge in [0.1, 0.15) is 0 Å². The monoisotopic (exact) mass is 460 g/mol. The topological polar surface area (TPSA) is 18.5 Å². The predicted octanol–water partition coefficient (Wildman–Crippen LogP) is 7.78. The molecule has 2 aromatic rings. The molecule has 0 aliphatic heterocycles. The molecule has 0 radical (unpaired) electrons. The minimum Gasteiger partial charge on any atom is -0.475 e. The van der Waals surface area contributed by atoms with Crippen molar-refractivity contribution in [1.82, 2.24) is 0 Å². The van der Waals surface area contributed by atoms with Crippen LogP contribution in [0.5, 0.6) is 11.5 Å². The smallest absolute Gasteiger partial charge is 0.162 e. The summed E-state index contributed by atoms with van der Waals surface area (Å²) in [5, 5.41) is 1.48. The number of rotatable bonds is 6. The van der Waals surface area contributed by atoms with E-state index >= 15 is 0 Å². The van der Waals surface area contributed by atoms with Crippen LogP contribution in [0.15, 0.2) is 24.3 Å². The van der Waals surface area contributed by atoms with Crippen LogP contribution >= 0.6 is 69.6 Å². The number of benzene rings is 2. The van der Waals surface area contributed by atoms with E-state index in [4.69, 9.17) is 79.1 Å². The molecule has 0 amide bonds. The van der Waals surface area contributed by atoms with Gasteiger partial charge in [0.25, 0.3) is 0 Å². The predicted molar refractivity (Wildman–Crippen MR) is 108 cm³/mol. The van der Waals surface area contributed by atoms with Gasteiger partial charge in [-0.3, -0.25) is 0 Å². The Morgan fingerprint density at radius 2 is 0.960 bits per heavy atom. The van der Waals surface area contributed by atoms with Crippen molar-refractivity contribution < 1.29 is 9.47 Å². The quantitative estimate of drug-likeness (QED) is 0.408. The zero-order chi connectivity index (χ0) is 18.8. The Kier molecular flexibility index (Phi) is 7.29. The van der Waals surface area contributed by atoms with Crippen molar-refractivity contribution >= 4 is 69.6 Å². The van der Waals surface area contributed by atoms with Gasteiger partial charge in [-0.15, -0.1) is 0 Å². The molecule has 0 aromatic heterocycles. The fraction of sp³-hybridized carbons (Fsp3) is 0.294. The van der Waals surface area contributed by atoms with Gasteiger partial charge in [0.05, 0.1) is 20.1 Å². The van der Waals surface area contributed by atoms with Crippen LogP contribution in [0.3, 0.4) is 0 Å². The lowest BCUT2D eigenvalue weighted by Gasteiger charge is -2.28. The maximum absolute atomic E-state index is 6.28. The molecule has 0 fully saturated rings. The summed E-state index contributed by atoms with van der Waals surface area (Å²) in [7, 11) is 0. The van der Waals surface area contributed by atoms with Gasteiger partial charge in [-0.05, 0) is 35.4 Å². The summed E-state index contributed by atoms with van der Waals surface area (Å²) < 4.78 is 10.5. The minimum atomic E-state index is -0.487.